The van der Waals surface area contributed by atoms with Gasteiger partial charge in [0.1, 0.15) is 11.6 Å². The largest absolute Gasteiger partial charge is 0.367 e. The van der Waals surface area contributed by atoms with Crippen LogP contribution in [-0.4, -0.2) is 41.9 Å². The van der Waals surface area contributed by atoms with Gasteiger partial charge in [-0.3, -0.25) is 4.99 Å². The number of aliphatic imine (C=N–C) groups is 1. The van der Waals surface area contributed by atoms with E-state index in [0.717, 1.165) is 23.9 Å². The second-order valence-electron chi connectivity index (χ2n) is 7.18. The summed E-state index contributed by atoms with van der Waals surface area (Å²) in [7, 11) is 1.71. The predicted molar refractivity (Wildman–Crippen MR) is 129 cm³/mol. The summed E-state index contributed by atoms with van der Waals surface area (Å²) in [6, 6.07) is 15.7. The Hall–Kier alpha value is -2.69. The Balaban J connectivity index is 0.00000272. The van der Waals surface area contributed by atoms with E-state index in [1.54, 1.807) is 7.05 Å². The molecule has 9 heteroatoms. The molecule has 1 aliphatic rings. The third-order valence-electron chi connectivity index (χ3n) is 5.11. The Morgan fingerprint density at radius 3 is 2.71 bits per heavy atom. The van der Waals surface area contributed by atoms with E-state index in [0.29, 0.717) is 31.3 Å². The Bertz CT molecular complexity index is 1020. The fourth-order valence-corrected chi connectivity index (χ4v) is 3.58. The molecule has 1 aromatic heterocycles. The minimum absolute atomic E-state index is 0. The lowest BCUT2D eigenvalue weighted by atomic mass is 10.2. The van der Waals surface area contributed by atoms with Crippen LogP contribution in [-0.2, 0) is 6.54 Å². The average molecular weight is 538 g/mol. The Morgan fingerprint density at radius 1 is 1.16 bits per heavy atom. The number of rotatable bonds is 5. The molecule has 164 valence electrons. The second-order valence-corrected chi connectivity index (χ2v) is 7.18. The second kappa shape index (κ2) is 10.6. The molecule has 1 saturated heterocycles. The van der Waals surface area contributed by atoms with Gasteiger partial charge in [-0.05, 0) is 36.8 Å². The lowest BCUT2D eigenvalue weighted by molar-refractivity contribution is 0.580. The molecule has 31 heavy (non-hydrogen) atoms. The maximum absolute atomic E-state index is 14.0. The van der Waals surface area contributed by atoms with Crippen LogP contribution < -0.4 is 15.5 Å². The van der Waals surface area contributed by atoms with Crippen molar-refractivity contribution in [1.82, 2.24) is 20.4 Å². The highest BCUT2D eigenvalue weighted by molar-refractivity contribution is 14.0. The molecule has 0 bridgehead atoms. The van der Waals surface area contributed by atoms with Crippen molar-refractivity contribution in [2.24, 2.45) is 4.99 Å². The minimum Gasteiger partial charge on any atom is -0.367 e. The monoisotopic (exact) mass is 538 g/mol. The molecule has 3 aromatic rings. The van der Waals surface area contributed by atoms with E-state index in [2.05, 4.69) is 20.7 Å². The van der Waals surface area contributed by atoms with Crippen LogP contribution in [0.1, 0.15) is 12.1 Å². The lowest BCUT2D eigenvalue weighted by Gasteiger charge is -2.20. The number of nitrogens with one attached hydrogen (secondary N) is 2. The Labute approximate surface area is 197 Å². The third-order valence-corrected chi connectivity index (χ3v) is 5.11. The molecule has 0 radical (unpaired) electrons. The van der Waals surface area contributed by atoms with Gasteiger partial charge in [0.15, 0.2) is 5.96 Å². The van der Waals surface area contributed by atoms with E-state index in [9.17, 15) is 8.78 Å². The van der Waals surface area contributed by atoms with Crippen molar-refractivity contribution in [2.75, 3.05) is 25.0 Å². The Morgan fingerprint density at radius 2 is 1.97 bits per heavy atom. The highest BCUT2D eigenvalue weighted by atomic mass is 127. The smallest absolute Gasteiger partial charge is 0.191 e. The molecular formula is C22H25F2IN6. The van der Waals surface area contributed by atoms with Gasteiger partial charge in [-0.15, -0.1) is 24.0 Å². The molecule has 1 aliphatic heterocycles. The third kappa shape index (κ3) is 5.72. The molecule has 2 aromatic carbocycles. The summed E-state index contributed by atoms with van der Waals surface area (Å²) in [6.45, 7) is 1.84. The van der Waals surface area contributed by atoms with Gasteiger partial charge in [-0.1, -0.05) is 18.2 Å². The fraction of sp³-hybridized carbons (Fsp3) is 0.273. The molecule has 1 unspecified atom stereocenters. The van der Waals surface area contributed by atoms with E-state index >= 15 is 0 Å². The molecule has 0 amide bonds. The highest BCUT2D eigenvalue weighted by Gasteiger charge is 2.25. The van der Waals surface area contributed by atoms with Gasteiger partial charge >= 0.3 is 0 Å². The van der Waals surface area contributed by atoms with E-state index in [4.69, 9.17) is 0 Å². The molecule has 0 saturated carbocycles. The van der Waals surface area contributed by atoms with Crippen LogP contribution in [0.4, 0.5) is 14.5 Å². The topological polar surface area (TPSA) is 57.5 Å². The van der Waals surface area contributed by atoms with Gasteiger partial charge < -0.3 is 15.5 Å². The first-order valence-electron chi connectivity index (χ1n) is 9.89. The van der Waals surface area contributed by atoms with Crippen molar-refractivity contribution in [3.8, 4) is 5.69 Å². The van der Waals surface area contributed by atoms with Crippen molar-refractivity contribution in [3.63, 3.8) is 0 Å². The van der Waals surface area contributed by atoms with Gasteiger partial charge in [-0.2, -0.15) is 5.10 Å². The zero-order valence-corrected chi connectivity index (χ0v) is 19.5. The molecule has 1 atom stereocenters. The van der Waals surface area contributed by atoms with Gasteiger partial charge in [0.2, 0.25) is 0 Å². The fourth-order valence-electron chi connectivity index (χ4n) is 3.58. The summed E-state index contributed by atoms with van der Waals surface area (Å²) >= 11 is 0. The number of nitrogens with zero attached hydrogens (tertiary/aromatic N) is 4. The summed E-state index contributed by atoms with van der Waals surface area (Å²) in [5, 5.41) is 11.2. The van der Waals surface area contributed by atoms with Crippen LogP contribution in [0.5, 0.6) is 0 Å². The predicted octanol–water partition coefficient (Wildman–Crippen LogP) is 3.71. The summed E-state index contributed by atoms with van der Waals surface area (Å²) in [4.78, 5) is 6.19. The first-order valence-corrected chi connectivity index (χ1v) is 9.89. The van der Waals surface area contributed by atoms with Crippen LogP contribution in [0, 0.1) is 11.6 Å². The first kappa shape index (κ1) is 23.0. The SMILES string of the molecule is CN=C(NCc1ccn(-c2ccccc2)n1)NC1CCN(c2ccc(F)cc2F)C1.I. The van der Waals surface area contributed by atoms with Crippen molar-refractivity contribution in [1.29, 1.82) is 0 Å². The molecule has 0 spiro atoms. The van der Waals surface area contributed by atoms with Gasteiger partial charge in [0, 0.05) is 38.4 Å². The van der Waals surface area contributed by atoms with E-state index < -0.39 is 11.6 Å². The normalized spacial score (nSPS) is 16.2. The first-order chi connectivity index (χ1) is 14.6. The number of para-hydroxylation sites is 1. The molecule has 4 rings (SSSR count). The van der Waals surface area contributed by atoms with E-state index in [-0.39, 0.29) is 30.0 Å². The molecular weight excluding hydrogens is 513 g/mol. The van der Waals surface area contributed by atoms with Crippen LogP contribution in [0.3, 0.4) is 0 Å². The summed E-state index contributed by atoms with van der Waals surface area (Å²) in [6.07, 6.45) is 2.76. The van der Waals surface area contributed by atoms with E-state index in [1.807, 2.05) is 52.2 Å². The summed E-state index contributed by atoms with van der Waals surface area (Å²) in [5.74, 6) is -0.438. The zero-order valence-electron chi connectivity index (χ0n) is 17.1. The average Bonchev–Trinajstić information content (AvgIpc) is 3.41. The van der Waals surface area contributed by atoms with Crippen LogP contribution in [0.2, 0.25) is 0 Å². The maximum Gasteiger partial charge on any atom is 0.191 e. The van der Waals surface area contributed by atoms with Gasteiger partial charge in [0.05, 0.1) is 23.6 Å². The molecule has 1 fully saturated rings. The van der Waals surface area contributed by atoms with E-state index in [1.165, 1.54) is 12.1 Å². The summed E-state index contributed by atoms with van der Waals surface area (Å²) < 4.78 is 29.0. The number of hydrogen-bond acceptors (Lipinski definition) is 3. The molecule has 2 heterocycles. The zero-order chi connectivity index (χ0) is 20.9. The maximum atomic E-state index is 14.0. The number of aromatic nitrogens is 2. The van der Waals surface area contributed by atoms with Crippen LogP contribution in [0.15, 0.2) is 65.8 Å². The quantitative estimate of drug-likeness (QED) is 0.296. The minimum atomic E-state index is -0.565. The van der Waals surface area contributed by atoms with Crippen molar-refractivity contribution in [3.05, 3.63) is 78.1 Å². The van der Waals surface area contributed by atoms with Gasteiger partial charge in [-0.25, -0.2) is 13.5 Å². The molecule has 2 N–H and O–H groups in total. The lowest BCUT2D eigenvalue weighted by Crippen LogP contribution is -2.44. The molecule has 0 aliphatic carbocycles. The van der Waals surface area contributed by atoms with Gasteiger partial charge in [0.25, 0.3) is 0 Å². The number of anilines is 1. The van der Waals surface area contributed by atoms with Crippen molar-refractivity contribution < 1.29 is 8.78 Å². The Kier molecular flexibility index (Phi) is 7.83. The number of hydrogen-bond donors (Lipinski definition) is 2. The molecule has 6 nitrogen and oxygen atoms in total. The number of halogens is 3. The van der Waals surface area contributed by atoms with Crippen LogP contribution >= 0.6 is 24.0 Å². The van der Waals surface area contributed by atoms with Crippen molar-refractivity contribution >= 4 is 35.6 Å². The van der Waals surface area contributed by atoms with Crippen molar-refractivity contribution in [2.45, 2.75) is 19.0 Å². The standard InChI is InChI=1S/C22H24F2N6.HI/c1-25-22(26-14-17-10-12-30(28-17)19-5-3-2-4-6-19)27-18-9-11-29(15-18)21-8-7-16(23)13-20(21)24;/h2-8,10,12-13,18H,9,11,14-15H2,1H3,(H2,25,26,27);1H. The highest BCUT2D eigenvalue weighted by Crippen LogP contribution is 2.24. The van der Waals surface area contributed by atoms with Crippen LogP contribution in [0.25, 0.3) is 5.69 Å². The number of guanidine groups is 1. The summed E-state index contributed by atoms with van der Waals surface area (Å²) in [5.41, 5.74) is 2.32. The number of benzene rings is 2.